The molecule has 0 aliphatic heterocycles. The Morgan fingerprint density at radius 2 is 1.62 bits per heavy atom. The van der Waals surface area contributed by atoms with Crippen LogP contribution in [0.1, 0.15) is 46.6 Å². The molecule has 0 aliphatic rings. The minimum absolute atomic E-state index is 0.0539. The van der Waals surface area contributed by atoms with E-state index in [9.17, 15) is 24.0 Å². The number of benzene rings is 1. The number of rotatable bonds is 11. The van der Waals surface area contributed by atoms with Gasteiger partial charge in [0.25, 0.3) is 0 Å². The highest BCUT2D eigenvalue weighted by Crippen LogP contribution is 2.10. The van der Waals surface area contributed by atoms with Gasteiger partial charge in [0.1, 0.15) is 24.3 Å². The molecule has 1 aromatic carbocycles. The molecule has 34 heavy (non-hydrogen) atoms. The van der Waals surface area contributed by atoms with E-state index in [4.69, 9.17) is 14.6 Å². The van der Waals surface area contributed by atoms with Crippen molar-refractivity contribution >= 4 is 29.8 Å². The Balaban J connectivity index is 2.76. The Morgan fingerprint density at radius 3 is 2.15 bits per heavy atom. The maximum atomic E-state index is 12.6. The van der Waals surface area contributed by atoms with Crippen LogP contribution < -0.4 is 16.0 Å². The SMILES string of the molecule is CC(C)[C@H](NC(=O)CNC(=O)[C@H](CC(=O)OC(C)(C)C)NC(=O)OCc1ccccc1)C(=O)O. The van der Waals surface area contributed by atoms with Gasteiger partial charge in [-0.05, 0) is 32.3 Å². The number of hydrogen-bond donors (Lipinski definition) is 4. The third kappa shape index (κ3) is 11.3. The predicted octanol–water partition coefficient (Wildman–Crippen LogP) is 1.35. The van der Waals surface area contributed by atoms with Crippen molar-refractivity contribution in [1.82, 2.24) is 16.0 Å². The van der Waals surface area contributed by atoms with Crippen LogP contribution in [0.4, 0.5) is 4.79 Å². The van der Waals surface area contributed by atoms with Crippen LogP contribution in [0.2, 0.25) is 0 Å². The number of alkyl carbamates (subject to hydrolysis) is 1. The average Bonchev–Trinajstić information content (AvgIpc) is 2.72. The molecular weight excluding hydrogens is 446 g/mol. The first-order valence-corrected chi connectivity index (χ1v) is 10.8. The first kappa shape index (κ1) is 28.4. The number of carbonyl (C=O) groups is 5. The maximum absolute atomic E-state index is 12.6. The summed E-state index contributed by atoms with van der Waals surface area (Å²) in [5.74, 6) is -3.91. The van der Waals surface area contributed by atoms with Crippen LogP contribution in [0.5, 0.6) is 0 Å². The molecule has 0 saturated carbocycles. The molecule has 0 spiro atoms. The Labute approximate surface area is 198 Å². The summed E-state index contributed by atoms with van der Waals surface area (Å²) in [4.78, 5) is 60.4. The van der Waals surface area contributed by atoms with E-state index in [0.717, 1.165) is 5.56 Å². The van der Waals surface area contributed by atoms with Gasteiger partial charge in [0.15, 0.2) is 0 Å². The van der Waals surface area contributed by atoms with Crippen molar-refractivity contribution in [3.05, 3.63) is 35.9 Å². The summed E-state index contributed by atoms with van der Waals surface area (Å²) in [6.45, 7) is 7.60. The predicted molar refractivity (Wildman–Crippen MR) is 121 cm³/mol. The van der Waals surface area contributed by atoms with Gasteiger partial charge in [0.05, 0.1) is 13.0 Å². The lowest BCUT2D eigenvalue weighted by atomic mass is 10.0. The van der Waals surface area contributed by atoms with Crippen LogP contribution in [-0.4, -0.2) is 59.2 Å². The van der Waals surface area contributed by atoms with E-state index in [1.165, 1.54) is 0 Å². The van der Waals surface area contributed by atoms with Gasteiger partial charge in [-0.2, -0.15) is 0 Å². The number of amides is 3. The average molecular weight is 480 g/mol. The van der Waals surface area contributed by atoms with Gasteiger partial charge >= 0.3 is 18.0 Å². The van der Waals surface area contributed by atoms with E-state index in [1.54, 1.807) is 65.0 Å². The fourth-order valence-electron chi connectivity index (χ4n) is 2.69. The lowest BCUT2D eigenvalue weighted by molar-refractivity contribution is -0.156. The second-order valence-corrected chi connectivity index (χ2v) is 8.89. The van der Waals surface area contributed by atoms with Crippen LogP contribution in [0.15, 0.2) is 30.3 Å². The van der Waals surface area contributed by atoms with Gasteiger partial charge in [-0.3, -0.25) is 14.4 Å². The van der Waals surface area contributed by atoms with E-state index in [-0.39, 0.29) is 12.5 Å². The van der Waals surface area contributed by atoms with Crippen LogP contribution in [0.25, 0.3) is 0 Å². The molecule has 0 saturated heterocycles. The van der Waals surface area contributed by atoms with E-state index < -0.39 is 60.5 Å². The van der Waals surface area contributed by atoms with E-state index in [2.05, 4.69) is 16.0 Å². The second-order valence-electron chi connectivity index (χ2n) is 8.89. The molecule has 11 nitrogen and oxygen atoms in total. The summed E-state index contributed by atoms with van der Waals surface area (Å²) in [6, 6.07) is 6.33. The Kier molecular flexibility index (Phi) is 11.0. The number of hydrogen-bond acceptors (Lipinski definition) is 7. The lowest BCUT2D eigenvalue weighted by Gasteiger charge is -2.23. The summed E-state index contributed by atoms with van der Waals surface area (Å²) < 4.78 is 10.3. The summed E-state index contributed by atoms with van der Waals surface area (Å²) in [6.07, 6.45) is -1.45. The minimum atomic E-state index is -1.38. The molecule has 3 amide bonds. The second kappa shape index (κ2) is 13.2. The fourth-order valence-corrected chi connectivity index (χ4v) is 2.69. The van der Waals surface area contributed by atoms with Gasteiger partial charge in [0, 0.05) is 0 Å². The third-order valence-electron chi connectivity index (χ3n) is 4.28. The molecule has 0 bridgehead atoms. The van der Waals surface area contributed by atoms with E-state index in [1.807, 2.05) is 0 Å². The molecule has 0 aliphatic carbocycles. The number of carboxylic acid groups (broad SMARTS) is 1. The number of carbonyl (C=O) groups excluding carboxylic acids is 4. The Bertz CT molecular complexity index is 865. The highest BCUT2D eigenvalue weighted by Gasteiger charge is 2.29. The van der Waals surface area contributed by atoms with E-state index in [0.29, 0.717) is 0 Å². The molecule has 0 heterocycles. The van der Waals surface area contributed by atoms with Crippen LogP contribution >= 0.6 is 0 Å². The molecular formula is C23H33N3O8. The highest BCUT2D eigenvalue weighted by molar-refractivity contribution is 5.93. The number of carboxylic acids is 1. The maximum Gasteiger partial charge on any atom is 0.408 e. The fraction of sp³-hybridized carbons (Fsp3) is 0.522. The topological polar surface area (TPSA) is 160 Å². The summed E-state index contributed by atoms with van der Waals surface area (Å²) in [7, 11) is 0. The van der Waals surface area contributed by atoms with Crippen LogP contribution in [0.3, 0.4) is 0 Å². The van der Waals surface area contributed by atoms with Crippen molar-refractivity contribution in [2.75, 3.05) is 6.54 Å². The molecule has 4 N–H and O–H groups in total. The zero-order chi connectivity index (χ0) is 25.9. The summed E-state index contributed by atoms with van der Waals surface area (Å²) >= 11 is 0. The van der Waals surface area contributed by atoms with Gasteiger partial charge in [-0.15, -0.1) is 0 Å². The van der Waals surface area contributed by atoms with Crippen molar-refractivity contribution in [2.45, 2.75) is 65.3 Å². The van der Waals surface area contributed by atoms with E-state index >= 15 is 0 Å². The van der Waals surface area contributed by atoms with Gasteiger partial charge in [-0.25, -0.2) is 9.59 Å². The Hall–Kier alpha value is -3.63. The quantitative estimate of drug-likeness (QED) is 0.346. The van der Waals surface area contributed by atoms with Gasteiger partial charge in [-0.1, -0.05) is 44.2 Å². The first-order valence-electron chi connectivity index (χ1n) is 10.8. The van der Waals surface area contributed by atoms with Crippen LogP contribution in [-0.2, 0) is 35.3 Å². The zero-order valence-corrected chi connectivity index (χ0v) is 20.0. The standard InChI is InChI=1S/C23H33N3O8/c1-14(2)19(21(30)31)26-17(27)12-24-20(29)16(11-18(28)34-23(3,4)5)25-22(32)33-13-15-9-7-6-8-10-15/h6-10,14,16,19H,11-13H2,1-5H3,(H,24,29)(H,25,32)(H,26,27)(H,30,31)/t16-,19-/m0/s1. The molecule has 188 valence electrons. The lowest BCUT2D eigenvalue weighted by Crippen LogP contribution is -2.52. The zero-order valence-electron chi connectivity index (χ0n) is 20.0. The first-order chi connectivity index (χ1) is 15.8. The highest BCUT2D eigenvalue weighted by atomic mass is 16.6. The number of aliphatic carboxylic acids is 1. The molecule has 1 rings (SSSR count). The number of nitrogens with one attached hydrogen (secondary N) is 3. The Morgan fingerprint density at radius 1 is 1.00 bits per heavy atom. The molecule has 0 radical (unpaired) electrons. The van der Waals surface area contributed by atoms with Crippen molar-refractivity contribution < 1.29 is 38.6 Å². The minimum Gasteiger partial charge on any atom is -0.480 e. The molecule has 0 fully saturated rings. The molecule has 2 atom stereocenters. The van der Waals surface area contributed by atoms with Crippen molar-refractivity contribution in [3.8, 4) is 0 Å². The smallest absolute Gasteiger partial charge is 0.408 e. The molecule has 0 unspecified atom stereocenters. The molecule has 11 heteroatoms. The molecule has 0 aromatic heterocycles. The van der Waals surface area contributed by atoms with Crippen molar-refractivity contribution in [3.63, 3.8) is 0 Å². The van der Waals surface area contributed by atoms with Gasteiger partial charge in [0.2, 0.25) is 11.8 Å². The monoisotopic (exact) mass is 479 g/mol. The molecule has 1 aromatic rings. The largest absolute Gasteiger partial charge is 0.480 e. The normalized spacial score (nSPS) is 12.8. The third-order valence-corrected chi connectivity index (χ3v) is 4.28. The van der Waals surface area contributed by atoms with Crippen LogP contribution in [0, 0.1) is 5.92 Å². The summed E-state index contributed by atoms with van der Waals surface area (Å²) in [5, 5.41) is 16.1. The summed E-state index contributed by atoms with van der Waals surface area (Å²) in [5.41, 5.74) is -0.0882. The van der Waals surface area contributed by atoms with Crippen molar-refractivity contribution in [2.24, 2.45) is 5.92 Å². The van der Waals surface area contributed by atoms with Crippen molar-refractivity contribution in [1.29, 1.82) is 0 Å². The van der Waals surface area contributed by atoms with Gasteiger partial charge < -0.3 is 30.5 Å². The number of esters is 1. The number of ether oxygens (including phenoxy) is 2.